The van der Waals surface area contributed by atoms with Crippen LogP contribution in [0.25, 0.3) is 0 Å². The summed E-state index contributed by atoms with van der Waals surface area (Å²) in [6.07, 6.45) is 1.59. The van der Waals surface area contributed by atoms with E-state index in [0.29, 0.717) is 23.1 Å². The van der Waals surface area contributed by atoms with E-state index < -0.39 is 0 Å². The van der Waals surface area contributed by atoms with Crippen LogP contribution in [0.2, 0.25) is 0 Å². The van der Waals surface area contributed by atoms with E-state index in [4.69, 9.17) is 4.74 Å². The molecule has 1 heterocycles. The van der Waals surface area contributed by atoms with E-state index in [9.17, 15) is 4.39 Å². The number of nitrogens with one attached hydrogen (secondary N) is 1. The minimum absolute atomic E-state index is 0.298. The number of aromatic nitrogens is 2. The van der Waals surface area contributed by atoms with Gasteiger partial charge in [0.1, 0.15) is 11.6 Å². The van der Waals surface area contributed by atoms with Crippen molar-refractivity contribution in [3.05, 3.63) is 41.8 Å². The first-order valence-electron chi connectivity index (χ1n) is 5.70. The summed E-state index contributed by atoms with van der Waals surface area (Å²) in [5, 5.41) is 2.98. The van der Waals surface area contributed by atoms with E-state index in [1.165, 1.54) is 6.07 Å². The van der Waals surface area contributed by atoms with Crippen LogP contribution >= 0.6 is 0 Å². The Morgan fingerprint density at radius 1 is 1.33 bits per heavy atom. The zero-order chi connectivity index (χ0) is 13.0. The molecular formula is C13H14FN3O. The second-order valence-corrected chi connectivity index (χ2v) is 3.76. The molecule has 2 rings (SSSR count). The van der Waals surface area contributed by atoms with Gasteiger partial charge in [-0.2, -0.15) is 4.98 Å². The Morgan fingerprint density at radius 3 is 2.89 bits per heavy atom. The maximum Gasteiger partial charge on any atom is 0.225 e. The summed E-state index contributed by atoms with van der Waals surface area (Å²) in [6.45, 7) is 4.38. The van der Waals surface area contributed by atoms with Crippen LogP contribution in [0.5, 0.6) is 11.6 Å². The number of nitrogens with zero attached hydrogens (tertiary/aromatic N) is 2. The maximum atomic E-state index is 13.4. The van der Waals surface area contributed by atoms with Gasteiger partial charge < -0.3 is 10.1 Å². The molecule has 0 saturated heterocycles. The molecule has 1 aromatic heterocycles. The van der Waals surface area contributed by atoms with Gasteiger partial charge in [0.25, 0.3) is 0 Å². The van der Waals surface area contributed by atoms with E-state index in [0.717, 1.165) is 6.54 Å². The molecule has 0 amide bonds. The number of halogens is 1. The van der Waals surface area contributed by atoms with Gasteiger partial charge in [-0.05, 0) is 25.5 Å². The van der Waals surface area contributed by atoms with Crippen molar-refractivity contribution in [2.45, 2.75) is 13.8 Å². The standard InChI is InChI=1S/C13H14FN3O/c1-3-15-13-16-7-6-12(17-13)18-10-5-4-9(2)11(14)8-10/h4-8H,3H2,1-2H3,(H,15,16,17). The van der Waals surface area contributed by atoms with Crippen LogP contribution in [0.3, 0.4) is 0 Å². The Bertz CT molecular complexity index is 546. The molecule has 94 valence electrons. The highest BCUT2D eigenvalue weighted by molar-refractivity contribution is 5.33. The predicted molar refractivity (Wildman–Crippen MR) is 67.4 cm³/mol. The molecule has 0 atom stereocenters. The first-order chi connectivity index (χ1) is 8.69. The summed E-state index contributed by atoms with van der Waals surface area (Å²) in [5.74, 6) is 0.986. The molecule has 0 radical (unpaired) electrons. The molecule has 0 fully saturated rings. The van der Waals surface area contributed by atoms with Gasteiger partial charge in [0, 0.05) is 24.9 Å². The number of anilines is 1. The van der Waals surface area contributed by atoms with Crippen LogP contribution in [0.1, 0.15) is 12.5 Å². The minimum Gasteiger partial charge on any atom is -0.439 e. The third-order valence-corrected chi connectivity index (χ3v) is 2.33. The van der Waals surface area contributed by atoms with Crippen molar-refractivity contribution < 1.29 is 9.13 Å². The normalized spacial score (nSPS) is 10.2. The van der Waals surface area contributed by atoms with Crippen molar-refractivity contribution in [2.75, 3.05) is 11.9 Å². The number of hydrogen-bond acceptors (Lipinski definition) is 4. The molecule has 0 unspecified atom stereocenters. The molecule has 18 heavy (non-hydrogen) atoms. The maximum absolute atomic E-state index is 13.4. The Morgan fingerprint density at radius 2 is 2.17 bits per heavy atom. The fraction of sp³-hybridized carbons (Fsp3) is 0.231. The summed E-state index contributed by atoms with van der Waals surface area (Å²) in [7, 11) is 0. The van der Waals surface area contributed by atoms with Crippen molar-refractivity contribution in [2.24, 2.45) is 0 Å². The molecule has 0 saturated carbocycles. The number of benzene rings is 1. The molecule has 5 heteroatoms. The highest BCUT2D eigenvalue weighted by Crippen LogP contribution is 2.22. The molecule has 1 N–H and O–H groups in total. The van der Waals surface area contributed by atoms with Crippen molar-refractivity contribution in [3.8, 4) is 11.6 Å². The average Bonchev–Trinajstić information content (AvgIpc) is 2.35. The summed E-state index contributed by atoms with van der Waals surface area (Å²) < 4.78 is 18.8. The highest BCUT2D eigenvalue weighted by atomic mass is 19.1. The number of hydrogen-bond donors (Lipinski definition) is 1. The van der Waals surface area contributed by atoms with E-state index in [-0.39, 0.29) is 5.82 Å². The van der Waals surface area contributed by atoms with Crippen LogP contribution in [-0.4, -0.2) is 16.5 Å². The van der Waals surface area contributed by atoms with Crippen LogP contribution < -0.4 is 10.1 Å². The van der Waals surface area contributed by atoms with E-state index in [2.05, 4.69) is 15.3 Å². The largest absolute Gasteiger partial charge is 0.439 e. The number of aryl methyl sites for hydroxylation is 1. The summed E-state index contributed by atoms with van der Waals surface area (Å²) in [4.78, 5) is 8.17. The Labute approximate surface area is 105 Å². The number of ether oxygens (including phenoxy) is 1. The first-order valence-corrected chi connectivity index (χ1v) is 5.70. The fourth-order valence-electron chi connectivity index (χ4n) is 1.40. The van der Waals surface area contributed by atoms with Crippen LogP contribution in [-0.2, 0) is 0 Å². The van der Waals surface area contributed by atoms with E-state index in [1.54, 1.807) is 31.3 Å². The minimum atomic E-state index is -0.298. The lowest BCUT2D eigenvalue weighted by Gasteiger charge is -2.07. The molecule has 2 aromatic rings. The third kappa shape index (κ3) is 2.94. The van der Waals surface area contributed by atoms with Crippen molar-refractivity contribution in [1.29, 1.82) is 0 Å². The summed E-state index contributed by atoms with van der Waals surface area (Å²) in [5.41, 5.74) is 0.582. The van der Waals surface area contributed by atoms with Crippen LogP contribution in [0, 0.1) is 12.7 Å². The lowest BCUT2D eigenvalue weighted by atomic mass is 10.2. The van der Waals surface area contributed by atoms with Gasteiger partial charge in [0.2, 0.25) is 11.8 Å². The molecule has 0 aliphatic carbocycles. The van der Waals surface area contributed by atoms with Gasteiger partial charge in [0.05, 0.1) is 0 Å². The van der Waals surface area contributed by atoms with Crippen molar-refractivity contribution in [3.63, 3.8) is 0 Å². The van der Waals surface area contributed by atoms with Gasteiger partial charge in [-0.3, -0.25) is 0 Å². The lowest BCUT2D eigenvalue weighted by molar-refractivity contribution is 0.457. The topological polar surface area (TPSA) is 47.0 Å². The molecule has 0 aliphatic rings. The van der Waals surface area contributed by atoms with Gasteiger partial charge in [-0.15, -0.1) is 0 Å². The van der Waals surface area contributed by atoms with Crippen LogP contribution in [0.15, 0.2) is 30.5 Å². The van der Waals surface area contributed by atoms with Gasteiger partial charge >= 0.3 is 0 Å². The second-order valence-electron chi connectivity index (χ2n) is 3.76. The first kappa shape index (κ1) is 12.3. The Balaban J connectivity index is 2.17. The predicted octanol–water partition coefficient (Wildman–Crippen LogP) is 3.15. The van der Waals surface area contributed by atoms with E-state index in [1.807, 2.05) is 6.92 Å². The molecule has 0 spiro atoms. The summed E-state index contributed by atoms with van der Waals surface area (Å²) >= 11 is 0. The Kier molecular flexibility index (Phi) is 3.72. The van der Waals surface area contributed by atoms with Gasteiger partial charge in [-0.25, -0.2) is 9.37 Å². The fourth-order valence-corrected chi connectivity index (χ4v) is 1.40. The third-order valence-electron chi connectivity index (χ3n) is 2.33. The lowest BCUT2D eigenvalue weighted by Crippen LogP contribution is -2.02. The SMILES string of the molecule is CCNc1nccc(Oc2ccc(C)c(F)c2)n1. The molecule has 1 aromatic carbocycles. The second kappa shape index (κ2) is 5.44. The molecule has 0 aliphatic heterocycles. The smallest absolute Gasteiger partial charge is 0.225 e. The Hall–Kier alpha value is -2.17. The zero-order valence-electron chi connectivity index (χ0n) is 10.3. The molecule has 4 nitrogen and oxygen atoms in total. The highest BCUT2D eigenvalue weighted by Gasteiger charge is 2.04. The van der Waals surface area contributed by atoms with Crippen LogP contribution in [0.4, 0.5) is 10.3 Å². The van der Waals surface area contributed by atoms with Crippen molar-refractivity contribution in [1.82, 2.24) is 9.97 Å². The number of rotatable bonds is 4. The van der Waals surface area contributed by atoms with Crippen molar-refractivity contribution >= 4 is 5.95 Å². The average molecular weight is 247 g/mol. The molecule has 0 bridgehead atoms. The van der Waals surface area contributed by atoms with Gasteiger partial charge in [0.15, 0.2) is 0 Å². The van der Waals surface area contributed by atoms with E-state index >= 15 is 0 Å². The summed E-state index contributed by atoms with van der Waals surface area (Å²) in [6, 6.07) is 6.33. The molecular weight excluding hydrogens is 233 g/mol. The zero-order valence-corrected chi connectivity index (χ0v) is 10.3. The monoisotopic (exact) mass is 247 g/mol. The van der Waals surface area contributed by atoms with Gasteiger partial charge in [-0.1, -0.05) is 6.07 Å². The quantitative estimate of drug-likeness (QED) is 0.901.